The van der Waals surface area contributed by atoms with Gasteiger partial charge in [0.05, 0.1) is 29.6 Å². The van der Waals surface area contributed by atoms with E-state index in [9.17, 15) is 24.9 Å². The predicted octanol–water partition coefficient (Wildman–Crippen LogP) is 2.28. The van der Waals surface area contributed by atoms with Gasteiger partial charge >= 0.3 is 5.97 Å². The van der Waals surface area contributed by atoms with Crippen LogP contribution in [0.5, 0.6) is 0 Å². The minimum Gasteiger partial charge on any atom is -0.459 e. The highest BCUT2D eigenvalue weighted by molar-refractivity contribution is 6.00. The van der Waals surface area contributed by atoms with Gasteiger partial charge in [0.2, 0.25) is 0 Å². The van der Waals surface area contributed by atoms with E-state index >= 15 is 0 Å². The van der Waals surface area contributed by atoms with E-state index in [1.165, 1.54) is 21.0 Å². The van der Waals surface area contributed by atoms with Crippen molar-refractivity contribution in [2.45, 2.75) is 148 Å². The summed E-state index contributed by atoms with van der Waals surface area (Å²) in [5.74, 6) is -4.54. The van der Waals surface area contributed by atoms with Gasteiger partial charge in [-0.15, -0.1) is 0 Å². The van der Waals surface area contributed by atoms with E-state index in [0.29, 0.717) is 18.7 Å². The molecule has 3 aliphatic heterocycles. The molecule has 1 unspecified atom stereocenters. The largest absolute Gasteiger partial charge is 0.459 e. The Morgan fingerprint density at radius 3 is 2.31 bits per heavy atom. The molecule has 278 valence electrons. The number of cyclic esters (lactones) is 1. The third-order valence-electron chi connectivity index (χ3n) is 10.9. The van der Waals surface area contributed by atoms with Crippen LogP contribution in [0.1, 0.15) is 87.5 Å². The van der Waals surface area contributed by atoms with Gasteiger partial charge < -0.3 is 49.3 Å². The molecule has 3 fully saturated rings. The first-order valence-electron chi connectivity index (χ1n) is 17.7. The fourth-order valence-corrected chi connectivity index (χ4v) is 7.66. The molecule has 0 bridgehead atoms. The number of carbonyl (C=O) groups excluding carboxylic acids is 2. The molecular formula is C35H63N3O10. The van der Waals surface area contributed by atoms with Crippen LogP contribution >= 0.6 is 0 Å². The standard InChI is InChI=1S/C35H63N3O10/c1-12-26-35(8,43)30(41)21(4)27(37-48-24-14-13-15-36-18-24)19(2)17-34(7,44-11)31(22(5)28(39)23(6)32(42)46-26)47-33-29(40)25(38(9)10)16-20(3)45-33/h19-26,29-31,33,36,40-41,43H,12-18H2,1-11H3/b37-27+/t19-,20-,21-,22+,23-,24?,25+,26+,29-,30-,31-,33+,34+,35-/m1/s1. The molecule has 14 atom stereocenters. The van der Waals surface area contributed by atoms with Gasteiger partial charge in [-0.25, -0.2) is 0 Å². The van der Waals surface area contributed by atoms with Crippen molar-refractivity contribution < 1.29 is 48.7 Å². The number of aliphatic hydroxyl groups excluding tert-OH is 2. The van der Waals surface area contributed by atoms with Gasteiger partial charge in [-0.2, -0.15) is 0 Å². The van der Waals surface area contributed by atoms with Crippen LogP contribution in [-0.2, 0) is 33.4 Å². The number of oxime groups is 1. The molecule has 3 heterocycles. The molecule has 0 aromatic heterocycles. The zero-order chi connectivity index (χ0) is 36.1. The maximum absolute atomic E-state index is 14.1. The second kappa shape index (κ2) is 17.0. The Bertz CT molecular complexity index is 1100. The van der Waals surface area contributed by atoms with Crippen molar-refractivity contribution in [2.75, 3.05) is 34.3 Å². The Kier molecular flexibility index (Phi) is 14.4. The molecule has 3 saturated heterocycles. The van der Waals surface area contributed by atoms with Crippen molar-refractivity contribution in [1.29, 1.82) is 0 Å². The lowest BCUT2D eigenvalue weighted by Gasteiger charge is -2.47. The maximum atomic E-state index is 14.1. The molecule has 0 aromatic carbocycles. The number of likely N-dealkylation sites (N-methyl/N-ethyl adjacent to an activating group) is 1. The zero-order valence-corrected chi connectivity index (χ0v) is 31.0. The number of Topliss-reactive ketones (excluding diaryl/α,β-unsaturated/α-hetero) is 1. The van der Waals surface area contributed by atoms with E-state index in [0.717, 1.165) is 19.4 Å². The highest BCUT2D eigenvalue weighted by Crippen LogP contribution is 2.38. The number of nitrogens with one attached hydrogen (secondary N) is 1. The molecule has 13 nitrogen and oxygen atoms in total. The third-order valence-corrected chi connectivity index (χ3v) is 10.9. The number of esters is 1. The monoisotopic (exact) mass is 685 g/mol. The van der Waals surface area contributed by atoms with Crippen LogP contribution in [0.2, 0.25) is 0 Å². The zero-order valence-electron chi connectivity index (χ0n) is 31.0. The molecule has 4 N–H and O–H groups in total. The highest BCUT2D eigenvalue weighted by atomic mass is 16.7. The average Bonchev–Trinajstić information content (AvgIpc) is 3.05. The fraction of sp³-hybridized carbons (Fsp3) is 0.914. The van der Waals surface area contributed by atoms with Crippen molar-refractivity contribution in [3.05, 3.63) is 0 Å². The number of methoxy groups -OCH3 is 1. The minimum absolute atomic E-state index is 0.165. The first-order valence-corrected chi connectivity index (χ1v) is 17.7. The normalized spacial score (nSPS) is 45.1. The van der Waals surface area contributed by atoms with Gasteiger partial charge in [0.15, 0.2) is 12.1 Å². The molecule has 13 heteroatoms. The number of piperidine rings is 1. The summed E-state index contributed by atoms with van der Waals surface area (Å²) < 4.78 is 24.7. The molecule has 0 spiro atoms. The van der Waals surface area contributed by atoms with E-state index < -0.39 is 77.3 Å². The second-order valence-electron chi connectivity index (χ2n) is 15.0. The molecule has 0 aliphatic carbocycles. The minimum atomic E-state index is -1.88. The quantitative estimate of drug-likeness (QED) is 0.176. The molecule has 48 heavy (non-hydrogen) atoms. The van der Waals surface area contributed by atoms with Gasteiger partial charge in [0, 0.05) is 37.5 Å². The Labute approximate surface area is 287 Å². The van der Waals surface area contributed by atoms with Gasteiger partial charge in [-0.05, 0) is 80.4 Å². The fourth-order valence-electron chi connectivity index (χ4n) is 7.66. The number of rotatable bonds is 7. The number of ether oxygens (including phenoxy) is 4. The Hall–Kier alpha value is -1.71. The van der Waals surface area contributed by atoms with Gasteiger partial charge in [0.1, 0.15) is 29.8 Å². The lowest BCUT2D eigenvalue weighted by atomic mass is 9.74. The number of hydrogen-bond donors (Lipinski definition) is 4. The summed E-state index contributed by atoms with van der Waals surface area (Å²) in [5, 5.41) is 42.7. The first kappa shape index (κ1) is 40.7. The van der Waals surface area contributed by atoms with Crippen LogP contribution in [0, 0.1) is 23.7 Å². The Morgan fingerprint density at radius 2 is 1.75 bits per heavy atom. The number of nitrogens with zero attached hydrogens (tertiary/aromatic N) is 2. The van der Waals surface area contributed by atoms with Gasteiger partial charge in [-0.3, -0.25) is 9.59 Å². The lowest BCUT2D eigenvalue weighted by Crippen LogP contribution is -2.60. The molecule has 0 aromatic rings. The Morgan fingerprint density at radius 1 is 1.08 bits per heavy atom. The van der Waals surface area contributed by atoms with E-state index in [1.807, 2.05) is 39.8 Å². The Balaban J connectivity index is 2.14. The SMILES string of the molecule is CC[C@@H]1OC(=O)[C@H](C)C(=O)[C@H](C)[C@@H](O[C@@H]2O[C@H](C)C[C@H](N(C)C)[C@H]2O)[C@@](C)(OC)C[C@@H](C)/C(=N\OC2CCCNC2)[C@@H](C)[C@@H](O)[C@]1(C)O. The number of carbonyl (C=O) groups is 2. The average molecular weight is 686 g/mol. The molecule has 0 saturated carbocycles. The topological polar surface area (TPSA) is 169 Å². The number of aliphatic hydroxyl groups is 3. The highest BCUT2D eigenvalue weighted by Gasteiger charge is 2.51. The van der Waals surface area contributed by atoms with Crippen molar-refractivity contribution >= 4 is 17.5 Å². The van der Waals surface area contributed by atoms with Crippen LogP contribution in [0.25, 0.3) is 0 Å². The summed E-state index contributed by atoms with van der Waals surface area (Å²) in [4.78, 5) is 35.5. The van der Waals surface area contributed by atoms with E-state index in [2.05, 4.69) is 10.5 Å². The summed E-state index contributed by atoms with van der Waals surface area (Å²) in [5.41, 5.74) is -2.58. The lowest BCUT2D eigenvalue weighted by molar-refractivity contribution is -0.295. The number of hydrogen-bond acceptors (Lipinski definition) is 13. The predicted molar refractivity (Wildman–Crippen MR) is 180 cm³/mol. The van der Waals surface area contributed by atoms with Crippen LogP contribution in [0.15, 0.2) is 5.16 Å². The first-order chi connectivity index (χ1) is 22.4. The third kappa shape index (κ3) is 9.14. The summed E-state index contributed by atoms with van der Waals surface area (Å²) in [6, 6.07) is -0.254. The van der Waals surface area contributed by atoms with Crippen LogP contribution in [-0.4, -0.2) is 132 Å². The molecule has 0 amide bonds. The summed E-state index contributed by atoms with van der Waals surface area (Å²) in [6.45, 7) is 15.3. The van der Waals surface area contributed by atoms with Crippen molar-refractivity contribution in [3.8, 4) is 0 Å². The summed E-state index contributed by atoms with van der Waals surface area (Å²) >= 11 is 0. The smallest absolute Gasteiger partial charge is 0.316 e. The van der Waals surface area contributed by atoms with Gasteiger partial charge in [-0.1, -0.05) is 32.9 Å². The molecule has 3 aliphatic rings. The maximum Gasteiger partial charge on any atom is 0.316 e. The molecule has 3 rings (SSSR count). The van der Waals surface area contributed by atoms with Crippen molar-refractivity contribution in [2.24, 2.45) is 28.8 Å². The van der Waals surface area contributed by atoms with Crippen LogP contribution in [0.3, 0.4) is 0 Å². The van der Waals surface area contributed by atoms with Crippen molar-refractivity contribution in [1.82, 2.24) is 10.2 Å². The van der Waals surface area contributed by atoms with Crippen LogP contribution < -0.4 is 5.32 Å². The molecule has 0 radical (unpaired) electrons. The van der Waals surface area contributed by atoms with Crippen molar-refractivity contribution in [3.63, 3.8) is 0 Å². The molecular weight excluding hydrogens is 622 g/mol. The number of ketones is 1. The summed E-state index contributed by atoms with van der Waals surface area (Å²) in [6.07, 6.45) is -3.21. The van der Waals surface area contributed by atoms with E-state index in [4.69, 9.17) is 23.8 Å². The van der Waals surface area contributed by atoms with E-state index in [1.54, 1.807) is 20.8 Å². The summed E-state index contributed by atoms with van der Waals surface area (Å²) in [7, 11) is 5.29. The van der Waals surface area contributed by atoms with E-state index in [-0.39, 0.29) is 31.1 Å². The second-order valence-corrected chi connectivity index (χ2v) is 15.0. The van der Waals surface area contributed by atoms with Gasteiger partial charge in [0.25, 0.3) is 0 Å². The van der Waals surface area contributed by atoms with Crippen LogP contribution in [0.4, 0.5) is 0 Å².